The van der Waals surface area contributed by atoms with Gasteiger partial charge in [0.2, 0.25) is 5.91 Å². The van der Waals surface area contributed by atoms with Crippen LogP contribution >= 0.6 is 39.0 Å². The van der Waals surface area contributed by atoms with Crippen LogP contribution in [0.25, 0.3) is 0 Å². The van der Waals surface area contributed by atoms with Crippen LogP contribution in [0, 0.1) is 0 Å². The topological polar surface area (TPSA) is 67.4 Å². The van der Waals surface area contributed by atoms with E-state index < -0.39 is 0 Å². The van der Waals surface area contributed by atoms with E-state index in [1.165, 1.54) is 23.1 Å². The molecule has 0 aliphatic rings. The van der Waals surface area contributed by atoms with E-state index in [4.69, 9.17) is 4.74 Å². The van der Waals surface area contributed by atoms with Crippen molar-refractivity contribution in [3.8, 4) is 5.75 Å². The number of nitrogens with one attached hydrogen (secondary N) is 2. The molecule has 0 aliphatic heterocycles. The molecule has 8 heteroatoms. The minimum atomic E-state index is -0.333. The number of hydrazine groups is 1. The molecular weight excluding hydrogens is 400 g/mol. The van der Waals surface area contributed by atoms with Crippen LogP contribution in [0.1, 0.15) is 16.6 Å². The van der Waals surface area contributed by atoms with Gasteiger partial charge in [0.15, 0.2) is 0 Å². The summed E-state index contributed by atoms with van der Waals surface area (Å²) >= 11 is 5.97. The van der Waals surface area contributed by atoms with E-state index in [-0.39, 0.29) is 17.6 Å². The Bertz CT molecular complexity index is 674. The van der Waals surface area contributed by atoms with Crippen LogP contribution in [0.15, 0.2) is 45.1 Å². The predicted octanol–water partition coefficient (Wildman–Crippen LogP) is 3.46. The van der Waals surface area contributed by atoms with E-state index in [1.807, 2.05) is 31.2 Å². The van der Waals surface area contributed by atoms with Crippen molar-refractivity contribution >= 4 is 50.8 Å². The number of benzene rings is 1. The van der Waals surface area contributed by atoms with Gasteiger partial charge in [-0.15, -0.1) is 23.1 Å². The molecule has 122 valence electrons. The first-order valence-electron chi connectivity index (χ1n) is 6.78. The van der Waals surface area contributed by atoms with Gasteiger partial charge in [-0.25, -0.2) is 0 Å². The Morgan fingerprint density at radius 3 is 2.52 bits per heavy atom. The minimum Gasteiger partial charge on any atom is -0.494 e. The number of hydrogen-bond acceptors (Lipinski definition) is 5. The van der Waals surface area contributed by atoms with Gasteiger partial charge in [-0.3, -0.25) is 20.4 Å². The van der Waals surface area contributed by atoms with Crippen LogP contribution in [0.4, 0.5) is 0 Å². The molecule has 2 amide bonds. The Morgan fingerprint density at radius 1 is 1.17 bits per heavy atom. The van der Waals surface area contributed by atoms with Crippen molar-refractivity contribution in [3.05, 3.63) is 45.1 Å². The van der Waals surface area contributed by atoms with Crippen LogP contribution in [-0.2, 0) is 4.79 Å². The third kappa shape index (κ3) is 5.89. The molecule has 0 aliphatic carbocycles. The molecule has 5 nitrogen and oxygen atoms in total. The molecule has 23 heavy (non-hydrogen) atoms. The van der Waals surface area contributed by atoms with Crippen LogP contribution < -0.4 is 15.6 Å². The molecule has 0 spiro atoms. The fraction of sp³-hybridized carbons (Fsp3) is 0.200. The molecule has 0 saturated heterocycles. The first kappa shape index (κ1) is 17.8. The smallest absolute Gasteiger partial charge is 0.279 e. The number of ether oxygens (including phenoxy) is 1. The second-order valence-electron chi connectivity index (χ2n) is 4.30. The molecule has 0 radical (unpaired) electrons. The van der Waals surface area contributed by atoms with Crippen molar-refractivity contribution in [2.24, 2.45) is 0 Å². The number of amides is 2. The van der Waals surface area contributed by atoms with Gasteiger partial charge in [-0.1, -0.05) is 0 Å². The van der Waals surface area contributed by atoms with Crippen LogP contribution in [-0.4, -0.2) is 24.2 Å². The second kappa shape index (κ2) is 8.95. The lowest BCUT2D eigenvalue weighted by Gasteiger charge is -2.07. The minimum absolute atomic E-state index is 0.211. The number of halogens is 1. The molecule has 2 aromatic rings. The number of hydrogen-bond donors (Lipinski definition) is 2. The molecule has 0 fully saturated rings. The Kier molecular flexibility index (Phi) is 6.94. The van der Waals surface area contributed by atoms with Gasteiger partial charge >= 0.3 is 0 Å². The summed E-state index contributed by atoms with van der Waals surface area (Å²) in [5.74, 6) is 0.409. The van der Waals surface area contributed by atoms with Crippen molar-refractivity contribution in [1.29, 1.82) is 0 Å². The van der Waals surface area contributed by atoms with Gasteiger partial charge in [0.25, 0.3) is 5.91 Å². The summed E-state index contributed by atoms with van der Waals surface area (Å²) in [6.45, 7) is 2.55. The number of rotatable bonds is 6. The van der Waals surface area contributed by atoms with E-state index in [0.717, 1.165) is 14.4 Å². The fourth-order valence-electron chi connectivity index (χ4n) is 1.61. The van der Waals surface area contributed by atoms with Crippen molar-refractivity contribution in [2.75, 3.05) is 12.4 Å². The van der Waals surface area contributed by atoms with Crippen molar-refractivity contribution in [3.63, 3.8) is 0 Å². The molecule has 0 saturated carbocycles. The van der Waals surface area contributed by atoms with Crippen LogP contribution in [0.2, 0.25) is 0 Å². The lowest BCUT2D eigenvalue weighted by atomic mass is 10.3. The van der Waals surface area contributed by atoms with Crippen molar-refractivity contribution < 1.29 is 14.3 Å². The number of carbonyl (C=O) groups excluding carboxylic acids is 2. The zero-order valence-electron chi connectivity index (χ0n) is 12.3. The van der Waals surface area contributed by atoms with E-state index in [1.54, 1.807) is 12.1 Å². The SMILES string of the molecule is CCOc1ccc(SCC(=O)NNC(=O)c2ccc(Br)s2)cc1. The van der Waals surface area contributed by atoms with Gasteiger partial charge in [0.1, 0.15) is 5.75 Å². The Balaban J connectivity index is 1.73. The standard InChI is InChI=1S/C15H15BrN2O3S2/c1-2-21-10-3-5-11(6-4-10)22-9-14(19)17-18-15(20)12-7-8-13(16)23-12/h3-8H,2,9H2,1H3,(H,17,19)(H,18,20). The maximum Gasteiger partial charge on any atom is 0.279 e. The largest absolute Gasteiger partial charge is 0.494 e. The third-order valence-corrected chi connectivity index (χ3v) is 5.25. The molecule has 0 atom stereocenters. The Labute approximate surface area is 150 Å². The number of thiophene rings is 1. The van der Waals surface area contributed by atoms with Gasteiger partial charge < -0.3 is 4.74 Å². The molecule has 1 aromatic carbocycles. The summed E-state index contributed by atoms with van der Waals surface area (Å²) in [6.07, 6.45) is 0. The first-order valence-corrected chi connectivity index (χ1v) is 9.38. The highest BCUT2D eigenvalue weighted by Crippen LogP contribution is 2.22. The third-order valence-electron chi connectivity index (χ3n) is 2.62. The summed E-state index contributed by atoms with van der Waals surface area (Å²) in [5.41, 5.74) is 4.79. The van der Waals surface area contributed by atoms with Gasteiger partial charge in [0, 0.05) is 4.90 Å². The predicted molar refractivity (Wildman–Crippen MR) is 96.0 cm³/mol. The Hall–Kier alpha value is -1.51. The average Bonchev–Trinajstić information content (AvgIpc) is 2.99. The lowest BCUT2D eigenvalue weighted by Crippen LogP contribution is -2.42. The molecule has 1 aromatic heterocycles. The summed E-state index contributed by atoms with van der Waals surface area (Å²) in [4.78, 5) is 25.0. The highest BCUT2D eigenvalue weighted by Gasteiger charge is 2.10. The van der Waals surface area contributed by atoms with E-state index in [9.17, 15) is 9.59 Å². The number of carbonyl (C=O) groups is 2. The summed E-state index contributed by atoms with van der Waals surface area (Å²) in [5, 5.41) is 0. The monoisotopic (exact) mass is 414 g/mol. The molecule has 0 bridgehead atoms. The quantitative estimate of drug-likeness (QED) is 0.560. The number of thioether (sulfide) groups is 1. The van der Waals surface area contributed by atoms with Crippen LogP contribution in [0.3, 0.4) is 0 Å². The zero-order chi connectivity index (χ0) is 16.7. The van der Waals surface area contributed by atoms with Crippen molar-refractivity contribution in [2.45, 2.75) is 11.8 Å². The normalized spacial score (nSPS) is 10.2. The van der Waals surface area contributed by atoms with Crippen LogP contribution in [0.5, 0.6) is 5.75 Å². The molecular formula is C15H15BrN2O3S2. The summed E-state index contributed by atoms with van der Waals surface area (Å²) in [7, 11) is 0. The maximum atomic E-state index is 11.8. The van der Waals surface area contributed by atoms with Gasteiger partial charge in [0.05, 0.1) is 21.0 Å². The van der Waals surface area contributed by atoms with Crippen molar-refractivity contribution in [1.82, 2.24) is 10.9 Å². The molecule has 2 N–H and O–H groups in total. The maximum absolute atomic E-state index is 11.8. The van der Waals surface area contributed by atoms with E-state index >= 15 is 0 Å². The molecule has 1 heterocycles. The first-order chi connectivity index (χ1) is 11.1. The molecule has 0 unspecified atom stereocenters. The van der Waals surface area contributed by atoms with E-state index in [2.05, 4.69) is 26.8 Å². The summed E-state index contributed by atoms with van der Waals surface area (Å²) < 4.78 is 6.22. The van der Waals surface area contributed by atoms with Gasteiger partial charge in [-0.2, -0.15) is 0 Å². The van der Waals surface area contributed by atoms with Gasteiger partial charge in [-0.05, 0) is 59.3 Å². The average molecular weight is 415 g/mol. The fourth-order valence-corrected chi connectivity index (χ4v) is 3.59. The highest BCUT2D eigenvalue weighted by atomic mass is 79.9. The lowest BCUT2D eigenvalue weighted by molar-refractivity contribution is -0.119. The highest BCUT2D eigenvalue weighted by molar-refractivity contribution is 9.11. The Morgan fingerprint density at radius 2 is 1.91 bits per heavy atom. The van der Waals surface area contributed by atoms with E-state index in [0.29, 0.717) is 11.5 Å². The zero-order valence-corrected chi connectivity index (χ0v) is 15.5. The second-order valence-corrected chi connectivity index (χ2v) is 7.81. The summed E-state index contributed by atoms with van der Waals surface area (Å²) in [6, 6.07) is 11.0. The molecule has 2 rings (SSSR count).